The summed E-state index contributed by atoms with van der Waals surface area (Å²) in [5.74, 6) is -0.0699. The van der Waals surface area contributed by atoms with Gasteiger partial charge in [-0.15, -0.1) is 0 Å². The molecule has 3 heterocycles. The van der Waals surface area contributed by atoms with Gasteiger partial charge in [-0.3, -0.25) is 0 Å². The van der Waals surface area contributed by atoms with Crippen molar-refractivity contribution in [3.05, 3.63) is 23.3 Å². The van der Waals surface area contributed by atoms with Crippen LogP contribution in [0.3, 0.4) is 0 Å². The molecular weight excluding hydrogens is 877 g/mol. The molecule has 18 heteroatoms. The average Bonchev–Trinajstić information content (AvgIpc) is 3.30. The third-order valence-electron chi connectivity index (χ3n) is 19.7. The van der Waals surface area contributed by atoms with Crippen molar-refractivity contribution in [3.8, 4) is 0 Å². The van der Waals surface area contributed by atoms with Gasteiger partial charge in [0.05, 0.1) is 44.7 Å². The number of rotatable bonds is 11. The van der Waals surface area contributed by atoms with Crippen LogP contribution in [-0.2, 0) is 28.4 Å². The van der Waals surface area contributed by atoms with Gasteiger partial charge in [-0.05, 0) is 91.9 Å². The lowest BCUT2D eigenvalue weighted by atomic mass is 9.35. The van der Waals surface area contributed by atoms with Gasteiger partial charge in [0.2, 0.25) is 0 Å². The Morgan fingerprint density at radius 1 is 0.642 bits per heavy atom. The molecule has 12 N–H and O–H groups in total. The monoisotopic (exact) mass is 957 g/mol. The predicted molar refractivity (Wildman–Crippen MR) is 236 cm³/mol. The second kappa shape index (κ2) is 18.7. The Hall–Kier alpha value is -1.24. The van der Waals surface area contributed by atoms with Crippen LogP contribution in [0.15, 0.2) is 23.3 Å². The molecule has 3 saturated carbocycles. The third kappa shape index (κ3) is 7.98. The molecule has 67 heavy (non-hydrogen) atoms. The van der Waals surface area contributed by atoms with Crippen molar-refractivity contribution in [1.29, 1.82) is 0 Å². The van der Waals surface area contributed by atoms with Crippen molar-refractivity contribution in [2.75, 3.05) is 26.4 Å². The second-order valence-corrected chi connectivity index (χ2v) is 23.1. The topological polar surface area (TPSA) is 298 Å². The first-order chi connectivity index (χ1) is 31.5. The van der Waals surface area contributed by atoms with Crippen LogP contribution in [0.1, 0.15) is 106 Å². The summed E-state index contributed by atoms with van der Waals surface area (Å²) in [7, 11) is 0. The number of ether oxygens (including phenoxy) is 6. The van der Waals surface area contributed by atoms with E-state index in [2.05, 4.69) is 46.8 Å². The van der Waals surface area contributed by atoms with Gasteiger partial charge in [0.1, 0.15) is 67.1 Å². The molecular formula is C49H80O18. The van der Waals surface area contributed by atoms with E-state index in [0.29, 0.717) is 25.7 Å². The Morgan fingerprint density at radius 3 is 1.79 bits per heavy atom. The normalized spacial score (nSPS) is 55.6. The Labute approximate surface area is 393 Å². The predicted octanol–water partition coefficient (Wildman–Crippen LogP) is -0.105. The fourth-order valence-electron chi connectivity index (χ4n) is 14.7. The van der Waals surface area contributed by atoms with Crippen LogP contribution in [0, 0.1) is 44.3 Å². The SMILES string of the molecule is CC[C@]1(C)CC[C@]2(CO)C(=C3C=CC4[C@]5(C)CC[C@@H](O[C@H]6O[C@H](C)[C@@H](O)[C@H](O[C@H]7O[C@@H](CO)[C@H](O)[C@@H](O)[C@@H]7O)[C@@H]6O[C@H]6O[C@@H](CO)[C@H](O)[C@@H](O)[C@@H]6O)[C@](C)(CO)C5CC[C@]4(C)[C@@]3(C)C[C@H]2O)C1. The van der Waals surface area contributed by atoms with E-state index in [0.717, 1.165) is 32.1 Å². The van der Waals surface area contributed by atoms with E-state index in [9.17, 15) is 61.3 Å². The quantitative estimate of drug-likeness (QED) is 0.120. The molecule has 0 spiro atoms. The van der Waals surface area contributed by atoms with Gasteiger partial charge in [-0.25, -0.2) is 0 Å². The molecule has 6 fully saturated rings. The maximum atomic E-state index is 12.2. The lowest BCUT2D eigenvalue weighted by Gasteiger charge is -2.70. The molecule has 0 amide bonds. The average molecular weight is 957 g/mol. The highest BCUT2D eigenvalue weighted by Gasteiger charge is 2.69. The second-order valence-electron chi connectivity index (χ2n) is 23.1. The maximum absolute atomic E-state index is 12.2. The van der Waals surface area contributed by atoms with E-state index in [4.69, 9.17) is 28.4 Å². The lowest BCUT2D eigenvalue weighted by Crippen LogP contribution is -2.68. The molecule has 0 aromatic carbocycles. The van der Waals surface area contributed by atoms with Crippen LogP contribution in [0.25, 0.3) is 0 Å². The zero-order chi connectivity index (χ0) is 49.0. The molecule has 5 aliphatic carbocycles. The fourth-order valence-corrected chi connectivity index (χ4v) is 14.7. The number of allylic oxidation sites excluding steroid dienone is 3. The molecule has 8 rings (SSSR count). The standard InChI is InChI=1S/C49H80O18/c1-8-44(3)15-16-49(22-53)25(17-44)24-9-10-29-45(4)13-12-31(46(5,21-52)28(45)11-14-47(29,6)48(24,7)18-30(49)54)65-43-40(67-42-38(61)36(59)34(57)27(20-51)64-42)39(32(55)23(2)62-43)66-41-37(60)35(58)33(56)26(19-50)63-41/h9-10,23,26-43,50-61H,8,11-22H2,1-7H3/t23-,26+,27+,28?,29?,30-,31-,32-,33+,34+,35-,36-,37+,38+,39+,40+,41-,42-,43-,44-,45-,46-,47+,48+,49+/m1/s1. The van der Waals surface area contributed by atoms with Gasteiger partial charge in [-0.2, -0.15) is 0 Å². The first-order valence-corrected chi connectivity index (χ1v) is 24.7. The number of hydrogen-bond donors (Lipinski definition) is 12. The van der Waals surface area contributed by atoms with E-state index in [1.54, 1.807) is 6.92 Å². The largest absolute Gasteiger partial charge is 0.396 e. The van der Waals surface area contributed by atoms with Gasteiger partial charge in [0.25, 0.3) is 0 Å². The van der Waals surface area contributed by atoms with Crippen molar-refractivity contribution in [2.24, 2.45) is 44.3 Å². The van der Waals surface area contributed by atoms with Gasteiger partial charge in [0, 0.05) is 16.2 Å². The number of fused-ring (bicyclic) bond motifs is 6. The maximum Gasteiger partial charge on any atom is 0.187 e. The zero-order valence-electron chi connectivity index (χ0n) is 40.1. The first kappa shape index (κ1) is 52.1. The molecule has 3 aliphatic heterocycles. The highest BCUT2D eigenvalue weighted by Crippen LogP contribution is 2.74. The first-order valence-electron chi connectivity index (χ1n) is 24.7. The minimum absolute atomic E-state index is 0.0367. The number of aliphatic hydroxyl groups is 12. The number of aliphatic hydroxyl groups excluding tert-OH is 12. The van der Waals surface area contributed by atoms with Crippen molar-refractivity contribution in [2.45, 2.75) is 211 Å². The third-order valence-corrected chi connectivity index (χ3v) is 19.7. The van der Waals surface area contributed by atoms with E-state index >= 15 is 0 Å². The van der Waals surface area contributed by atoms with Crippen molar-refractivity contribution >= 4 is 0 Å². The van der Waals surface area contributed by atoms with Crippen LogP contribution in [0.2, 0.25) is 0 Å². The molecule has 8 aliphatic rings. The molecule has 0 aromatic heterocycles. The van der Waals surface area contributed by atoms with E-state index < -0.39 is 134 Å². The summed E-state index contributed by atoms with van der Waals surface area (Å²) in [6.45, 7) is 13.2. The van der Waals surface area contributed by atoms with Crippen molar-refractivity contribution in [3.63, 3.8) is 0 Å². The molecule has 0 bridgehead atoms. The van der Waals surface area contributed by atoms with E-state index in [-0.39, 0.29) is 41.3 Å². The Kier molecular flexibility index (Phi) is 14.5. The fraction of sp³-hybridized carbons (Fsp3) is 0.918. The van der Waals surface area contributed by atoms with Gasteiger partial charge in [0.15, 0.2) is 18.9 Å². The minimum Gasteiger partial charge on any atom is -0.396 e. The lowest BCUT2D eigenvalue weighted by molar-refractivity contribution is -0.398. The highest BCUT2D eigenvalue weighted by atomic mass is 16.8. The van der Waals surface area contributed by atoms with Gasteiger partial charge >= 0.3 is 0 Å². The summed E-state index contributed by atoms with van der Waals surface area (Å²) >= 11 is 0. The van der Waals surface area contributed by atoms with Crippen LogP contribution >= 0.6 is 0 Å². The van der Waals surface area contributed by atoms with Crippen LogP contribution in [-0.4, -0.2) is 192 Å². The molecule has 2 unspecified atom stereocenters. The zero-order valence-corrected chi connectivity index (χ0v) is 40.1. The van der Waals surface area contributed by atoms with Crippen LogP contribution in [0.5, 0.6) is 0 Å². The summed E-state index contributed by atoms with van der Waals surface area (Å²) in [4.78, 5) is 0. The van der Waals surface area contributed by atoms with E-state index in [1.807, 2.05) is 6.92 Å². The summed E-state index contributed by atoms with van der Waals surface area (Å²) < 4.78 is 37.2. The number of hydrogen-bond acceptors (Lipinski definition) is 18. The molecule has 3 saturated heterocycles. The smallest absolute Gasteiger partial charge is 0.187 e. The summed E-state index contributed by atoms with van der Waals surface area (Å²) in [6.07, 6.45) is -14.5. The summed E-state index contributed by atoms with van der Waals surface area (Å²) in [5.41, 5.74) is -0.103. The van der Waals surface area contributed by atoms with Crippen LogP contribution < -0.4 is 0 Å². The minimum atomic E-state index is -1.89. The summed E-state index contributed by atoms with van der Waals surface area (Å²) in [6, 6.07) is 0. The molecule has 384 valence electrons. The molecule has 25 atom stereocenters. The van der Waals surface area contributed by atoms with Gasteiger partial charge < -0.3 is 89.7 Å². The van der Waals surface area contributed by atoms with E-state index in [1.165, 1.54) is 11.1 Å². The van der Waals surface area contributed by atoms with Gasteiger partial charge in [-0.1, -0.05) is 65.7 Å². The molecule has 18 nitrogen and oxygen atoms in total. The van der Waals surface area contributed by atoms with Crippen molar-refractivity contribution in [1.82, 2.24) is 0 Å². The highest BCUT2D eigenvalue weighted by molar-refractivity contribution is 5.47. The Balaban J connectivity index is 1.12. The Bertz CT molecular complexity index is 1830. The Morgan fingerprint density at radius 2 is 1.24 bits per heavy atom. The molecule has 0 radical (unpaired) electrons. The summed E-state index contributed by atoms with van der Waals surface area (Å²) in [5, 5.41) is 131. The van der Waals surface area contributed by atoms with Crippen molar-refractivity contribution < 1.29 is 89.7 Å². The molecule has 0 aromatic rings. The van der Waals surface area contributed by atoms with Crippen LogP contribution in [0.4, 0.5) is 0 Å².